The predicted octanol–water partition coefficient (Wildman–Crippen LogP) is 4.61. The lowest BCUT2D eigenvalue weighted by molar-refractivity contribution is 0.234. The van der Waals surface area contributed by atoms with Crippen molar-refractivity contribution in [3.8, 4) is 0 Å². The third kappa shape index (κ3) is 3.55. The number of benzene rings is 1. The smallest absolute Gasteiger partial charge is 0.126 e. The summed E-state index contributed by atoms with van der Waals surface area (Å²) in [6.07, 6.45) is 2.20. The van der Waals surface area contributed by atoms with Gasteiger partial charge in [0.25, 0.3) is 0 Å². The zero-order valence-electron chi connectivity index (χ0n) is 12.3. The van der Waals surface area contributed by atoms with Crippen molar-refractivity contribution in [1.29, 1.82) is 0 Å². The molecule has 0 saturated heterocycles. The minimum atomic E-state index is -0.123. The van der Waals surface area contributed by atoms with E-state index in [1.165, 1.54) is 5.56 Å². The molecule has 0 radical (unpaired) electrons. The Hall–Kier alpha value is -0.890. The molecular formula is C16H26FN. The molecule has 0 fully saturated rings. The number of rotatable bonds is 6. The summed E-state index contributed by atoms with van der Waals surface area (Å²) in [7, 11) is 0. The van der Waals surface area contributed by atoms with Crippen molar-refractivity contribution in [2.75, 3.05) is 6.54 Å². The molecule has 0 spiro atoms. The minimum Gasteiger partial charge on any atom is -0.309 e. The maximum absolute atomic E-state index is 13.4. The number of halogens is 1. The van der Waals surface area contributed by atoms with Gasteiger partial charge >= 0.3 is 0 Å². The molecule has 2 heteroatoms. The van der Waals surface area contributed by atoms with Crippen molar-refractivity contribution >= 4 is 0 Å². The summed E-state index contributed by atoms with van der Waals surface area (Å²) in [5.74, 6) is -0.123. The van der Waals surface area contributed by atoms with E-state index < -0.39 is 0 Å². The van der Waals surface area contributed by atoms with Crippen molar-refractivity contribution in [3.05, 3.63) is 35.1 Å². The average molecular weight is 251 g/mol. The first-order valence-corrected chi connectivity index (χ1v) is 6.91. The molecule has 1 unspecified atom stereocenters. The van der Waals surface area contributed by atoms with E-state index in [2.05, 4.69) is 33.0 Å². The highest BCUT2D eigenvalue weighted by Crippen LogP contribution is 2.36. The first-order valence-electron chi connectivity index (χ1n) is 6.91. The quantitative estimate of drug-likeness (QED) is 0.778. The van der Waals surface area contributed by atoms with Crippen LogP contribution in [-0.4, -0.2) is 6.54 Å². The fourth-order valence-electron chi connectivity index (χ4n) is 2.19. The second kappa shape index (κ2) is 6.33. The van der Waals surface area contributed by atoms with Crippen LogP contribution >= 0.6 is 0 Å². The molecule has 1 aromatic carbocycles. The fraction of sp³-hybridized carbons (Fsp3) is 0.625. The van der Waals surface area contributed by atoms with Gasteiger partial charge in [-0.15, -0.1) is 0 Å². The molecule has 0 heterocycles. The highest BCUT2D eigenvalue weighted by atomic mass is 19.1. The number of nitrogens with one attached hydrogen (secondary N) is 1. The molecule has 102 valence electrons. The van der Waals surface area contributed by atoms with Gasteiger partial charge in [0.2, 0.25) is 0 Å². The normalized spacial score (nSPS) is 13.7. The van der Waals surface area contributed by atoms with Crippen LogP contribution in [0.5, 0.6) is 0 Å². The van der Waals surface area contributed by atoms with Crippen LogP contribution in [0.2, 0.25) is 0 Å². The number of hydrogen-bond acceptors (Lipinski definition) is 1. The molecule has 0 amide bonds. The van der Waals surface area contributed by atoms with Crippen LogP contribution in [0.1, 0.15) is 57.7 Å². The van der Waals surface area contributed by atoms with Crippen LogP contribution in [0.25, 0.3) is 0 Å². The first-order chi connectivity index (χ1) is 8.42. The van der Waals surface area contributed by atoms with E-state index in [0.29, 0.717) is 0 Å². The molecule has 0 bridgehead atoms. The maximum Gasteiger partial charge on any atom is 0.126 e. The van der Waals surface area contributed by atoms with Gasteiger partial charge in [0.15, 0.2) is 0 Å². The molecule has 1 aromatic rings. The maximum atomic E-state index is 13.4. The summed E-state index contributed by atoms with van der Waals surface area (Å²) in [5, 5.41) is 3.60. The lowest BCUT2D eigenvalue weighted by Gasteiger charge is -2.35. The average Bonchev–Trinajstić information content (AvgIpc) is 2.34. The van der Waals surface area contributed by atoms with E-state index in [9.17, 15) is 4.39 Å². The van der Waals surface area contributed by atoms with Crippen LogP contribution in [0.15, 0.2) is 18.2 Å². The number of hydrogen-bond donors (Lipinski definition) is 1. The predicted molar refractivity (Wildman–Crippen MR) is 76.2 cm³/mol. The third-order valence-corrected chi connectivity index (χ3v) is 3.81. The van der Waals surface area contributed by atoms with Crippen molar-refractivity contribution in [2.24, 2.45) is 5.41 Å². The van der Waals surface area contributed by atoms with Gasteiger partial charge in [-0.3, -0.25) is 0 Å². The number of aryl methyl sites for hydroxylation is 1. The lowest BCUT2D eigenvalue weighted by Crippen LogP contribution is -2.34. The van der Waals surface area contributed by atoms with Crippen LogP contribution in [-0.2, 0) is 0 Å². The van der Waals surface area contributed by atoms with E-state index in [4.69, 9.17) is 0 Å². The van der Waals surface area contributed by atoms with Crippen molar-refractivity contribution in [1.82, 2.24) is 5.32 Å². The fourth-order valence-corrected chi connectivity index (χ4v) is 2.19. The Morgan fingerprint density at radius 3 is 2.44 bits per heavy atom. The molecule has 1 atom stereocenters. The Morgan fingerprint density at radius 2 is 1.94 bits per heavy atom. The summed E-state index contributed by atoms with van der Waals surface area (Å²) in [6, 6.07) is 5.74. The summed E-state index contributed by atoms with van der Waals surface area (Å²) < 4.78 is 13.4. The molecule has 1 rings (SSSR count). The molecule has 1 nitrogen and oxygen atoms in total. The molecule has 1 N–H and O–H groups in total. The summed E-state index contributed by atoms with van der Waals surface area (Å²) in [6.45, 7) is 11.7. The zero-order chi connectivity index (χ0) is 13.8. The summed E-state index contributed by atoms with van der Waals surface area (Å²) in [5.41, 5.74) is 2.08. The molecular weight excluding hydrogens is 225 g/mol. The summed E-state index contributed by atoms with van der Waals surface area (Å²) >= 11 is 0. The van der Waals surface area contributed by atoms with E-state index in [1.807, 2.05) is 19.1 Å². The van der Waals surface area contributed by atoms with Gasteiger partial charge < -0.3 is 5.32 Å². The zero-order valence-corrected chi connectivity index (χ0v) is 12.3. The van der Waals surface area contributed by atoms with Crippen LogP contribution in [0.4, 0.5) is 4.39 Å². The van der Waals surface area contributed by atoms with Crippen molar-refractivity contribution < 1.29 is 4.39 Å². The van der Waals surface area contributed by atoms with Gasteiger partial charge in [-0.2, -0.15) is 0 Å². The van der Waals surface area contributed by atoms with Crippen molar-refractivity contribution in [2.45, 2.75) is 53.5 Å². The van der Waals surface area contributed by atoms with Crippen LogP contribution in [0.3, 0.4) is 0 Å². The highest BCUT2D eigenvalue weighted by molar-refractivity contribution is 5.27. The Morgan fingerprint density at radius 1 is 1.28 bits per heavy atom. The largest absolute Gasteiger partial charge is 0.309 e. The van der Waals surface area contributed by atoms with Gasteiger partial charge in [-0.05, 0) is 48.9 Å². The second-order valence-electron chi connectivity index (χ2n) is 5.74. The second-order valence-corrected chi connectivity index (χ2v) is 5.74. The Balaban J connectivity index is 3.05. The molecule has 18 heavy (non-hydrogen) atoms. The van der Waals surface area contributed by atoms with E-state index in [0.717, 1.165) is 24.9 Å². The van der Waals surface area contributed by atoms with E-state index in [1.54, 1.807) is 6.07 Å². The van der Waals surface area contributed by atoms with Gasteiger partial charge in [0.05, 0.1) is 0 Å². The van der Waals surface area contributed by atoms with Crippen LogP contribution < -0.4 is 5.32 Å². The monoisotopic (exact) mass is 251 g/mol. The molecule has 0 aliphatic rings. The molecule has 0 aromatic heterocycles. The highest BCUT2D eigenvalue weighted by Gasteiger charge is 2.28. The van der Waals surface area contributed by atoms with Gasteiger partial charge in [-0.1, -0.05) is 39.8 Å². The molecule has 0 aliphatic carbocycles. The van der Waals surface area contributed by atoms with Gasteiger partial charge in [0.1, 0.15) is 5.82 Å². The Bertz CT molecular complexity index is 385. The first kappa shape index (κ1) is 15.2. The third-order valence-electron chi connectivity index (χ3n) is 3.81. The van der Waals surface area contributed by atoms with Crippen molar-refractivity contribution in [3.63, 3.8) is 0 Å². The molecule has 0 saturated carbocycles. The topological polar surface area (TPSA) is 12.0 Å². The van der Waals surface area contributed by atoms with E-state index >= 15 is 0 Å². The Kier molecular flexibility index (Phi) is 5.33. The summed E-state index contributed by atoms with van der Waals surface area (Å²) in [4.78, 5) is 0. The van der Waals surface area contributed by atoms with Gasteiger partial charge in [0, 0.05) is 6.04 Å². The minimum absolute atomic E-state index is 0.123. The lowest BCUT2D eigenvalue weighted by atomic mass is 9.78. The molecule has 0 aliphatic heterocycles. The van der Waals surface area contributed by atoms with Gasteiger partial charge in [-0.25, -0.2) is 4.39 Å². The van der Waals surface area contributed by atoms with Crippen LogP contribution in [0, 0.1) is 18.2 Å². The van der Waals surface area contributed by atoms with E-state index in [-0.39, 0.29) is 17.3 Å². The standard InChI is InChI=1S/C16H26FN/c1-6-10-18-15(16(4,5)7-2)13-8-9-14(17)12(3)11-13/h8-9,11,15,18H,6-7,10H2,1-5H3. The Labute approximate surface area is 111 Å². The SMILES string of the molecule is CCCNC(c1ccc(F)c(C)c1)C(C)(C)CC.